The Morgan fingerprint density at radius 3 is 2.77 bits per heavy atom. The number of thiophene rings is 1. The van der Waals surface area contributed by atoms with Crippen molar-refractivity contribution in [3.8, 4) is 0 Å². The lowest BCUT2D eigenvalue weighted by Gasteiger charge is -2.14. The van der Waals surface area contributed by atoms with Gasteiger partial charge in [0.25, 0.3) is 5.91 Å². The van der Waals surface area contributed by atoms with Crippen molar-refractivity contribution < 1.29 is 4.79 Å². The van der Waals surface area contributed by atoms with Gasteiger partial charge in [-0.3, -0.25) is 4.79 Å². The highest BCUT2D eigenvalue weighted by Crippen LogP contribution is 2.26. The smallest absolute Gasteiger partial charge is 0.268 e. The average Bonchev–Trinajstić information content (AvgIpc) is 3.11. The number of carbonyl (C=O) groups is 1. The molecule has 0 saturated heterocycles. The van der Waals surface area contributed by atoms with Crippen LogP contribution < -0.4 is 5.32 Å². The van der Waals surface area contributed by atoms with Gasteiger partial charge in [-0.05, 0) is 36.4 Å². The molecule has 0 aliphatic rings. The first kappa shape index (κ1) is 14.9. The van der Waals surface area contributed by atoms with Gasteiger partial charge in [0.05, 0.1) is 10.2 Å². The maximum atomic E-state index is 12.6. The second-order valence-electron chi connectivity index (χ2n) is 5.55. The molecule has 3 rings (SSSR count). The molecular weight excluding hydrogens is 292 g/mol. The molecule has 3 nitrogen and oxygen atoms in total. The van der Waals surface area contributed by atoms with E-state index in [0.29, 0.717) is 6.54 Å². The van der Waals surface area contributed by atoms with E-state index < -0.39 is 0 Å². The summed E-state index contributed by atoms with van der Waals surface area (Å²) in [5.74, 6) is 0.00804. The number of rotatable bonds is 5. The molecule has 3 aromatic rings. The largest absolute Gasteiger partial charge is 0.348 e. The standard InChI is InChI=1S/C18H20N2OS/c1-3-13(2)19-18(21)16-11-17-15(9-10-22-17)20(16)12-14-7-5-4-6-8-14/h4-11,13H,3,12H2,1-2H3,(H,19,21)/t13-/m1/s1. The van der Waals surface area contributed by atoms with E-state index in [1.54, 1.807) is 11.3 Å². The predicted octanol–water partition coefficient (Wildman–Crippen LogP) is 4.28. The molecule has 0 bridgehead atoms. The van der Waals surface area contributed by atoms with Crippen molar-refractivity contribution in [3.05, 3.63) is 59.1 Å². The average molecular weight is 312 g/mol. The third-order valence-electron chi connectivity index (χ3n) is 3.93. The number of nitrogens with one attached hydrogen (secondary N) is 1. The van der Waals surface area contributed by atoms with Gasteiger partial charge in [-0.15, -0.1) is 11.3 Å². The first-order chi connectivity index (χ1) is 10.7. The van der Waals surface area contributed by atoms with Crippen molar-refractivity contribution in [1.82, 2.24) is 9.88 Å². The minimum atomic E-state index is 0.00804. The number of hydrogen-bond donors (Lipinski definition) is 1. The lowest BCUT2D eigenvalue weighted by molar-refractivity contribution is 0.0931. The zero-order valence-electron chi connectivity index (χ0n) is 12.9. The van der Waals surface area contributed by atoms with Crippen LogP contribution in [0, 0.1) is 0 Å². The fourth-order valence-corrected chi connectivity index (χ4v) is 3.32. The number of amides is 1. The molecule has 2 aromatic heterocycles. The highest BCUT2D eigenvalue weighted by molar-refractivity contribution is 7.17. The highest BCUT2D eigenvalue weighted by atomic mass is 32.1. The van der Waals surface area contributed by atoms with Crippen LogP contribution in [-0.4, -0.2) is 16.5 Å². The van der Waals surface area contributed by atoms with Gasteiger partial charge in [0, 0.05) is 12.6 Å². The van der Waals surface area contributed by atoms with Crippen LogP contribution in [0.15, 0.2) is 47.8 Å². The van der Waals surface area contributed by atoms with Gasteiger partial charge in [0.2, 0.25) is 0 Å². The predicted molar refractivity (Wildman–Crippen MR) is 92.6 cm³/mol. The van der Waals surface area contributed by atoms with Gasteiger partial charge < -0.3 is 9.88 Å². The van der Waals surface area contributed by atoms with Crippen molar-refractivity contribution in [2.24, 2.45) is 0 Å². The number of benzene rings is 1. The molecule has 22 heavy (non-hydrogen) atoms. The van der Waals surface area contributed by atoms with Crippen molar-refractivity contribution in [3.63, 3.8) is 0 Å². The fraction of sp³-hybridized carbons (Fsp3) is 0.278. The second kappa shape index (κ2) is 6.36. The third-order valence-corrected chi connectivity index (χ3v) is 4.78. The number of fused-ring (bicyclic) bond motifs is 1. The summed E-state index contributed by atoms with van der Waals surface area (Å²) in [5.41, 5.74) is 3.07. The summed E-state index contributed by atoms with van der Waals surface area (Å²) in [7, 11) is 0. The fourth-order valence-electron chi connectivity index (χ4n) is 2.50. The summed E-state index contributed by atoms with van der Waals surface area (Å²) >= 11 is 1.67. The van der Waals surface area contributed by atoms with Crippen LogP contribution in [0.25, 0.3) is 10.2 Å². The van der Waals surface area contributed by atoms with E-state index in [-0.39, 0.29) is 11.9 Å². The zero-order valence-corrected chi connectivity index (χ0v) is 13.7. The molecular formula is C18H20N2OS. The molecule has 0 radical (unpaired) electrons. The van der Waals surface area contributed by atoms with Gasteiger partial charge in [-0.1, -0.05) is 37.3 Å². The van der Waals surface area contributed by atoms with Gasteiger partial charge in [-0.25, -0.2) is 0 Å². The van der Waals surface area contributed by atoms with Crippen LogP contribution in [0.2, 0.25) is 0 Å². The molecule has 0 fully saturated rings. The van der Waals surface area contributed by atoms with E-state index in [4.69, 9.17) is 0 Å². The molecule has 0 unspecified atom stereocenters. The van der Waals surface area contributed by atoms with Crippen LogP contribution in [0.5, 0.6) is 0 Å². The van der Waals surface area contributed by atoms with Crippen LogP contribution in [0.4, 0.5) is 0 Å². The van der Waals surface area contributed by atoms with E-state index in [1.807, 2.05) is 31.2 Å². The van der Waals surface area contributed by atoms with E-state index in [0.717, 1.165) is 22.3 Å². The van der Waals surface area contributed by atoms with Gasteiger partial charge >= 0.3 is 0 Å². The number of aromatic nitrogens is 1. The molecule has 2 heterocycles. The first-order valence-electron chi connectivity index (χ1n) is 7.60. The summed E-state index contributed by atoms with van der Waals surface area (Å²) in [6.45, 7) is 4.82. The lowest BCUT2D eigenvalue weighted by Crippen LogP contribution is -2.33. The van der Waals surface area contributed by atoms with Gasteiger partial charge in [0.15, 0.2) is 0 Å². The quantitative estimate of drug-likeness (QED) is 0.749. The number of carbonyl (C=O) groups excluding carboxylic acids is 1. The Kier molecular flexibility index (Phi) is 4.29. The van der Waals surface area contributed by atoms with Gasteiger partial charge in [-0.2, -0.15) is 0 Å². The Hall–Kier alpha value is -2.07. The minimum absolute atomic E-state index is 0.00804. The first-order valence-corrected chi connectivity index (χ1v) is 8.48. The SMILES string of the molecule is CC[C@@H](C)NC(=O)c1cc2sccc2n1Cc1ccccc1. The number of nitrogens with zero attached hydrogens (tertiary/aromatic N) is 1. The summed E-state index contributed by atoms with van der Waals surface area (Å²) in [4.78, 5) is 12.6. The van der Waals surface area contributed by atoms with Crippen LogP contribution >= 0.6 is 11.3 Å². The van der Waals surface area contributed by atoms with Crippen LogP contribution in [-0.2, 0) is 6.54 Å². The lowest BCUT2D eigenvalue weighted by atomic mass is 10.2. The van der Waals surface area contributed by atoms with E-state index in [2.05, 4.69) is 40.4 Å². The van der Waals surface area contributed by atoms with Crippen molar-refractivity contribution in [2.45, 2.75) is 32.9 Å². The third kappa shape index (κ3) is 2.92. The van der Waals surface area contributed by atoms with Crippen molar-refractivity contribution >= 4 is 27.5 Å². The normalized spacial score (nSPS) is 12.5. The Balaban J connectivity index is 1.97. The molecule has 114 valence electrons. The molecule has 0 spiro atoms. The molecule has 1 atom stereocenters. The highest BCUT2D eigenvalue weighted by Gasteiger charge is 2.17. The van der Waals surface area contributed by atoms with E-state index in [9.17, 15) is 4.79 Å². The van der Waals surface area contributed by atoms with Gasteiger partial charge in [0.1, 0.15) is 5.69 Å². The monoisotopic (exact) mass is 312 g/mol. The number of hydrogen-bond acceptors (Lipinski definition) is 2. The molecule has 0 aliphatic carbocycles. The molecule has 0 saturated carbocycles. The molecule has 4 heteroatoms. The van der Waals surface area contributed by atoms with Crippen molar-refractivity contribution in [2.75, 3.05) is 0 Å². The Morgan fingerprint density at radius 2 is 2.05 bits per heavy atom. The van der Waals surface area contributed by atoms with Crippen molar-refractivity contribution in [1.29, 1.82) is 0 Å². The second-order valence-corrected chi connectivity index (χ2v) is 6.50. The summed E-state index contributed by atoms with van der Waals surface area (Å²) < 4.78 is 3.27. The summed E-state index contributed by atoms with van der Waals surface area (Å²) in [6.07, 6.45) is 0.930. The molecule has 1 amide bonds. The zero-order chi connectivity index (χ0) is 15.5. The van der Waals surface area contributed by atoms with Crippen LogP contribution in [0.3, 0.4) is 0 Å². The Bertz CT molecular complexity index is 773. The minimum Gasteiger partial charge on any atom is -0.348 e. The molecule has 1 aromatic carbocycles. The maximum Gasteiger partial charge on any atom is 0.268 e. The molecule has 0 aliphatic heterocycles. The molecule has 1 N–H and O–H groups in total. The van der Waals surface area contributed by atoms with Crippen LogP contribution in [0.1, 0.15) is 36.3 Å². The topological polar surface area (TPSA) is 34.0 Å². The summed E-state index contributed by atoms with van der Waals surface area (Å²) in [6, 6.07) is 14.5. The Labute approximate surface area is 134 Å². The van der Waals surface area contributed by atoms with E-state index >= 15 is 0 Å². The van der Waals surface area contributed by atoms with E-state index in [1.165, 1.54) is 5.56 Å². The maximum absolute atomic E-state index is 12.6. The Morgan fingerprint density at radius 1 is 1.27 bits per heavy atom. The summed E-state index contributed by atoms with van der Waals surface area (Å²) in [5, 5.41) is 5.14.